The Morgan fingerprint density at radius 3 is 2.30 bits per heavy atom. The number of hydrogen-bond acceptors (Lipinski definition) is 5. The van der Waals surface area contributed by atoms with E-state index in [9.17, 15) is 18.0 Å². The lowest BCUT2D eigenvalue weighted by atomic mass is 10.1. The monoisotopic (exact) mass is 531 g/mol. The average Bonchev–Trinajstić information content (AvgIpc) is 2.84. The van der Waals surface area contributed by atoms with E-state index in [0.717, 1.165) is 11.1 Å². The molecule has 0 saturated heterocycles. The van der Waals surface area contributed by atoms with Crippen LogP contribution in [0.4, 0.5) is 5.69 Å². The Bertz CT molecular complexity index is 1130. The van der Waals surface area contributed by atoms with E-state index < -0.39 is 16.1 Å². The molecular weight excluding hydrogens is 490 g/mol. The lowest BCUT2D eigenvalue weighted by Crippen LogP contribution is -2.49. The molecule has 2 rings (SSSR count). The number of nitrogens with zero attached hydrogens (tertiary/aromatic N) is 2. The third-order valence-corrected chi connectivity index (χ3v) is 7.22. The van der Waals surface area contributed by atoms with Crippen LogP contribution in [0.15, 0.2) is 48.5 Å². The number of rotatable bonds is 14. The first-order valence-electron chi connectivity index (χ1n) is 12.7. The smallest absolute Gasteiger partial charge is 0.242 e. The molecule has 204 valence electrons. The highest BCUT2D eigenvalue weighted by Crippen LogP contribution is 2.21. The van der Waals surface area contributed by atoms with Gasteiger partial charge in [-0.15, -0.1) is 0 Å². The fraction of sp³-hybridized carbons (Fsp3) is 0.500. The van der Waals surface area contributed by atoms with Crippen LogP contribution in [0.3, 0.4) is 0 Å². The van der Waals surface area contributed by atoms with Gasteiger partial charge in [-0.05, 0) is 61.1 Å². The predicted molar refractivity (Wildman–Crippen MR) is 148 cm³/mol. The highest BCUT2D eigenvalue weighted by molar-refractivity contribution is 7.92. The summed E-state index contributed by atoms with van der Waals surface area (Å²) in [5.74, 6) is 0.617. The standard InChI is InChI=1S/C28H41N3O5S/c1-7-26(28(33)29-19-21(2)3)30(20-23-13-15-25(36-5)16-14-23)27(32)12-9-17-31(37(6,34)35)24-11-8-10-22(4)18-24/h8,10-11,13-16,18,21,26H,7,9,12,17,19-20H2,1-6H3,(H,29,33)/t26-/m0/s1. The highest BCUT2D eigenvalue weighted by atomic mass is 32.2. The number of carbonyl (C=O) groups is 2. The summed E-state index contributed by atoms with van der Waals surface area (Å²) in [6, 6.07) is 14.0. The van der Waals surface area contributed by atoms with Gasteiger partial charge >= 0.3 is 0 Å². The fourth-order valence-electron chi connectivity index (χ4n) is 4.06. The zero-order valence-corrected chi connectivity index (χ0v) is 23.7. The quantitative estimate of drug-likeness (QED) is 0.396. The Balaban J connectivity index is 2.21. The molecule has 0 saturated carbocycles. The molecular formula is C28H41N3O5S. The number of methoxy groups -OCH3 is 1. The zero-order chi connectivity index (χ0) is 27.6. The Morgan fingerprint density at radius 1 is 1.08 bits per heavy atom. The van der Waals surface area contributed by atoms with Gasteiger partial charge in [0.2, 0.25) is 21.8 Å². The van der Waals surface area contributed by atoms with Crippen molar-refractivity contribution < 1.29 is 22.7 Å². The van der Waals surface area contributed by atoms with Crippen molar-refractivity contribution in [1.29, 1.82) is 0 Å². The molecule has 1 atom stereocenters. The van der Waals surface area contributed by atoms with Gasteiger partial charge in [0.15, 0.2) is 0 Å². The van der Waals surface area contributed by atoms with Crippen molar-refractivity contribution in [2.75, 3.05) is 30.8 Å². The maximum absolute atomic E-state index is 13.5. The van der Waals surface area contributed by atoms with E-state index >= 15 is 0 Å². The van der Waals surface area contributed by atoms with Gasteiger partial charge in [-0.25, -0.2) is 8.42 Å². The molecule has 1 N–H and O–H groups in total. The van der Waals surface area contributed by atoms with Crippen LogP contribution in [-0.4, -0.2) is 57.6 Å². The minimum atomic E-state index is -3.53. The second-order valence-corrected chi connectivity index (χ2v) is 11.6. The summed E-state index contributed by atoms with van der Waals surface area (Å²) in [7, 11) is -1.93. The Morgan fingerprint density at radius 2 is 1.76 bits per heavy atom. The molecule has 0 fully saturated rings. The molecule has 0 aliphatic rings. The van der Waals surface area contributed by atoms with E-state index in [1.165, 1.54) is 10.6 Å². The summed E-state index contributed by atoms with van der Waals surface area (Å²) < 4.78 is 31.5. The Kier molecular flexibility index (Phi) is 11.4. The van der Waals surface area contributed by atoms with Crippen LogP contribution in [0.1, 0.15) is 51.2 Å². The molecule has 0 aliphatic heterocycles. The summed E-state index contributed by atoms with van der Waals surface area (Å²) in [6.07, 6.45) is 2.06. The second-order valence-electron chi connectivity index (χ2n) is 9.71. The lowest BCUT2D eigenvalue weighted by molar-refractivity contribution is -0.141. The first-order valence-corrected chi connectivity index (χ1v) is 14.6. The van der Waals surface area contributed by atoms with Crippen LogP contribution in [0.5, 0.6) is 5.75 Å². The topological polar surface area (TPSA) is 96.0 Å². The molecule has 0 heterocycles. The van der Waals surface area contributed by atoms with Gasteiger partial charge in [0.25, 0.3) is 0 Å². The lowest BCUT2D eigenvalue weighted by Gasteiger charge is -2.31. The number of carbonyl (C=O) groups excluding carboxylic acids is 2. The van der Waals surface area contributed by atoms with Crippen LogP contribution in [-0.2, 0) is 26.2 Å². The van der Waals surface area contributed by atoms with Crippen molar-refractivity contribution in [2.24, 2.45) is 5.92 Å². The Labute approximate surface area is 222 Å². The molecule has 2 amide bonds. The number of benzene rings is 2. The summed E-state index contributed by atoms with van der Waals surface area (Å²) in [6.45, 7) is 8.79. The second kappa shape index (κ2) is 14.0. The molecule has 0 radical (unpaired) electrons. The number of anilines is 1. The minimum Gasteiger partial charge on any atom is -0.497 e. The van der Waals surface area contributed by atoms with Gasteiger partial charge in [-0.2, -0.15) is 0 Å². The molecule has 2 aromatic rings. The van der Waals surface area contributed by atoms with Crippen molar-refractivity contribution in [3.8, 4) is 5.75 Å². The van der Waals surface area contributed by atoms with Gasteiger partial charge in [0.1, 0.15) is 11.8 Å². The summed E-state index contributed by atoms with van der Waals surface area (Å²) in [5.41, 5.74) is 2.40. The van der Waals surface area contributed by atoms with E-state index in [1.807, 2.05) is 70.2 Å². The van der Waals surface area contributed by atoms with Crippen LogP contribution >= 0.6 is 0 Å². The largest absolute Gasteiger partial charge is 0.497 e. The third-order valence-electron chi connectivity index (χ3n) is 6.02. The van der Waals surface area contributed by atoms with Gasteiger partial charge in [-0.3, -0.25) is 13.9 Å². The van der Waals surface area contributed by atoms with E-state index in [1.54, 1.807) is 18.1 Å². The third kappa shape index (κ3) is 9.39. The minimum absolute atomic E-state index is 0.113. The predicted octanol–water partition coefficient (Wildman–Crippen LogP) is 4.13. The summed E-state index contributed by atoms with van der Waals surface area (Å²) in [5, 5.41) is 2.95. The van der Waals surface area contributed by atoms with Crippen molar-refractivity contribution >= 4 is 27.5 Å². The maximum atomic E-state index is 13.5. The van der Waals surface area contributed by atoms with Crippen molar-refractivity contribution in [2.45, 2.75) is 59.5 Å². The average molecular weight is 532 g/mol. The first kappa shape index (κ1) is 30.2. The van der Waals surface area contributed by atoms with Crippen LogP contribution in [0.2, 0.25) is 0 Å². The van der Waals surface area contributed by atoms with Gasteiger partial charge in [-0.1, -0.05) is 45.0 Å². The molecule has 2 aromatic carbocycles. The van der Waals surface area contributed by atoms with Gasteiger partial charge in [0.05, 0.1) is 19.1 Å². The van der Waals surface area contributed by atoms with E-state index in [0.29, 0.717) is 30.8 Å². The number of nitrogens with one attached hydrogen (secondary N) is 1. The van der Waals surface area contributed by atoms with Crippen LogP contribution < -0.4 is 14.4 Å². The fourth-order valence-corrected chi connectivity index (χ4v) is 5.01. The molecule has 0 spiro atoms. The molecule has 8 nitrogen and oxygen atoms in total. The molecule has 37 heavy (non-hydrogen) atoms. The van der Waals surface area contributed by atoms with Crippen LogP contribution in [0, 0.1) is 12.8 Å². The Hall–Kier alpha value is -3.07. The van der Waals surface area contributed by atoms with Gasteiger partial charge in [0, 0.05) is 26.1 Å². The maximum Gasteiger partial charge on any atom is 0.242 e. The molecule has 9 heteroatoms. The molecule has 0 aliphatic carbocycles. The van der Waals surface area contributed by atoms with Crippen molar-refractivity contribution in [3.63, 3.8) is 0 Å². The normalized spacial score (nSPS) is 12.2. The van der Waals surface area contributed by atoms with Crippen molar-refractivity contribution in [1.82, 2.24) is 10.2 Å². The summed E-state index contributed by atoms with van der Waals surface area (Å²) in [4.78, 5) is 28.1. The highest BCUT2D eigenvalue weighted by Gasteiger charge is 2.29. The number of sulfonamides is 1. The van der Waals surface area contributed by atoms with E-state index in [2.05, 4.69) is 5.32 Å². The number of hydrogen-bond donors (Lipinski definition) is 1. The van der Waals surface area contributed by atoms with Crippen LogP contribution in [0.25, 0.3) is 0 Å². The van der Waals surface area contributed by atoms with E-state index in [-0.39, 0.29) is 37.2 Å². The molecule has 0 aromatic heterocycles. The number of ether oxygens (including phenoxy) is 1. The first-order chi connectivity index (χ1) is 17.5. The van der Waals surface area contributed by atoms with Crippen molar-refractivity contribution in [3.05, 3.63) is 59.7 Å². The van der Waals surface area contributed by atoms with E-state index in [4.69, 9.17) is 4.74 Å². The number of amides is 2. The molecule has 0 bridgehead atoms. The SMILES string of the molecule is CC[C@@H](C(=O)NCC(C)C)N(Cc1ccc(OC)cc1)C(=O)CCCN(c1cccc(C)c1)S(C)(=O)=O. The molecule has 0 unspecified atom stereocenters. The summed E-state index contributed by atoms with van der Waals surface area (Å²) >= 11 is 0. The number of aryl methyl sites for hydroxylation is 1. The zero-order valence-electron chi connectivity index (χ0n) is 22.9. The van der Waals surface area contributed by atoms with Gasteiger partial charge < -0.3 is 15.0 Å².